The number of halogens is 1. The molecule has 0 aliphatic rings. The van der Waals surface area contributed by atoms with Crippen molar-refractivity contribution in [2.75, 3.05) is 18.2 Å². The largest absolute Gasteiger partial charge is 0.465 e. The summed E-state index contributed by atoms with van der Waals surface area (Å²) in [7, 11) is 1.26. The van der Waals surface area contributed by atoms with Gasteiger partial charge >= 0.3 is 5.97 Å². The van der Waals surface area contributed by atoms with Crippen molar-refractivity contribution in [3.63, 3.8) is 0 Å². The van der Waals surface area contributed by atoms with Gasteiger partial charge in [0, 0.05) is 0 Å². The average Bonchev–Trinajstić information content (AvgIpc) is 2.49. The second-order valence-corrected chi connectivity index (χ2v) is 4.46. The van der Waals surface area contributed by atoms with Gasteiger partial charge in [-0.1, -0.05) is 23.7 Å². The molecule has 0 saturated heterocycles. The molecule has 6 nitrogen and oxygen atoms in total. The van der Waals surface area contributed by atoms with Gasteiger partial charge in [0.05, 0.1) is 35.8 Å². The van der Waals surface area contributed by atoms with Crippen LogP contribution in [0.4, 0.5) is 11.4 Å². The smallest absolute Gasteiger partial charge is 0.339 e. The second-order valence-electron chi connectivity index (χ2n) is 4.10. The molecule has 0 fully saturated rings. The van der Waals surface area contributed by atoms with Gasteiger partial charge in [0.1, 0.15) is 5.15 Å². The Morgan fingerprint density at radius 1 is 1.29 bits per heavy atom. The molecule has 3 N–H and O–H groups in total. The van der Waals surface area contributed by atoms with Crippen LogP contribution in [0.15, 0.2) is 36.5 Å². The van der Waals surface area contributed by atoms with Gasteiger partial charge in [-0.2, -0.15) is 0 Å². The van der Waals surface area contributed by atoms with Crippen molar-refractivity contribution in [1.82, 2.24) is 4.98 Å². The van der Waals surface area contributed by atoms with Crippen molar-refractivity contribution >= 4 is 34.9 Å². The number of nitrogens with zero attached hydrogens (tertiary/aromatic N) is 1. The van der Waals surface area contributed by atoms with Gasteiger partial charge < -0.3 is 15.8 Å². The first-order chi connectivity index (χ1) is 10.0. The standard InChI is InChI=1S/C14H12ClN3O3/c1-21-14(20)9-4-2-3-5-11(9)18-13(19)10-6-8(16)7-17-12(10)15/h2-7H,16H2,1H3,(H,18,19). The minimum atomic E-state index is -0.553. The number of aromatic nitrogens is 1. The number of ether oxygens (including phenoxy) is 1. The van der Waals surface area contributed by atoms with Crippen molar-refractivity contribution in [2.24, 2.45) is 0 Å². The zero-order valence-corrected chi connectivity index (χ0v) is 11.8. The van der Waals surface area contributed by atoms with Gasteiger partial charge in [0.25, 0.3) is 5.91 Å². The second kappa shape index (κ2) is 6.23. The highest BCUT2D eigenvalue weighted by Crippen LogP contribution is 2.20. The van der Waals surface area contributed by atoms with E-state index < -0.39 is 11.9 Å². The molecule has 0 aliphatic carbocycles. The Morgan fingerprint density at radius 3 is 2.71 bits per heavy atom. The van der Waals surface area contributed by atoms with Crippen LogP contribution < -0.4 is 11.1 Å². The maximum atomic E-state index is 12.2. The maximum absolute atomic E-state index is 12.2. The Labute approximate surface area is 125 Å². The Kier molecular flexibility index (Phi) is 4.39. The van der Waals surface area contributed by atoms with Crippen molar-refractivity contribution in [3.05, 3.63) is 52.8 Å². The zero-order valence-electron chi connectivity index (χ0n) is 11.1. The molecule has 0 radical (unpaired) electrons. The number of pyridine rings is 1. The number of esters is 1. The first-order valence-electron chi connectivity index (χ1n) is 5.92. The molecule has 0 atom stereocenters. The Bertz CT molecular complexity index is 704. The van der Waals surface area contributed by atoms with E-state index in [0.29, 0.717) is 11.4 Å². The molecule has 0 bridgehead atoms. The summed E-state index contributed by atoms with van der Waals surface area (Å²) < 4.78 is 4.66. The van der Waals surface area contributed by atoms with E-state index >= 15 is 0 Å². The van der Waals surface area contributed by atoms with Gasteiger partial charge in [-0.3, -0.25) is 4.79 Å². The van der Waals surface area contributed by atoms with Gasteiger partial charge in [0.15, 0.2) is 0 Å². The molecule has 0 aliphatic heterocycles. The van der Waals surface area contributed by atoms with E-state index in [9.17, 15) is 9.59 Å². The Hall–Kier alpha value is -2.60. The highest BCUT2D eigenvalue weighted by atomic mass is 35.5. The first-order valence-corrected chi connectivity index (χ1v) is 6.30. The van der Waals surface area contributed by atoms with E-state index in [1.54, 1.807) is 24.3 Å². The van der Waals surface area contributed by atoms with Crippen LogP contribution in [-0.4, -0.2) is 24.0 Å². The van der Waals surface area contributed by atoms with Crippen molar-refractivity contribution < 1.29 is 14.3 Å². The number of carbonyl (C=O) groups is 2. The van der Waals surface area contributed by atoms with Crippen LogP contribution in [0, 0.1) is 0 Å². The summed E-state index contributed by atoms with van der Waals surface area (Å²) in [5.41, 5.74) is 6.57. The fraction of sp³-hybridized carbons (Fsp3) is 0.0714. The van der Waals surface area contributed by atoms with Crippen LogP contribution in [0.2, 0.25) is 5.15 Å². The van der Waals surface area contributed by atoms with E-state index in [-0.39, 0.29) is 16.3 Å². The van der Waals surface area contributed by atoms with E-state index in [1.165, 1.54) is 19.4 Å². The lowest BCUT2D eigenvalue weighted by atomic mass is 10.1. The minimum Gasteiger partial charge on any atom is -0.465 e. The molecule has 1 aromatic carbocycles. The number of hydrogen-bond acceptors (Lipinski definition) is 5. The quantitative estimate of drug-likeness (QED) is 0.670. The number of methoxy groups -OCH3 is 1. The average molecular weight is 306 g/mol. The lowest BCUT2D eigenvalue weighted by Crippen LogP contribution is -2.16. The summed E-state index contributed by atoms with van der Waals surface area (Å²) in [6.45, 7) is 0. The van der Waals surface area contributed by atoms with Gasteiger partial charge in [-0.15, -0.1) is 0 Å². The number of anilines is 2. The third-order valence-corrected chi connectivity index (χ3v) is 2.99. The molecule has 21 heavy (non-hydrogen) atoms. The topological polar surface area (TPSA) is 94.3 Å². The number of rotatable bonds is 3. The van der Waals surface area contributed by atoms with Crippen LogP contribution in [0.5, 0.6) is 0 Å². The van der Waals surface area contributed by atoms with E-state index in [0.717, 1.165) is 0 Å². The van der Waals surface area contributed by atoms with Crippen LogP contribution in [-0.2, 0) is 4.74 Å². The molecular weight excluding hydrogens is 294 g/mol. The summed E-state index contributed by atoms with van der Waals surface area (Å²) in [6.07, 6.45) is 1.35. The van der Waals surface area contributed by atoms with Gasteiger partial charge in [-0.05, 0) is 18.2 Å². The SMILES string of the molecule is COC(=O)c1ccccc1NC(=O)c1cc(N)cnc1Cl. The normalized spacial score (nSPS) is 10.0. The predicted molar refractivity (Wildman–Crippen MR) is 79.4 cm³/mol. The first kappa shape index (κ1) is 14.8. The van der Waals surface area contributed by atoms with Crippen molar-refractivity contribution in [1.29, 1.82) is 0 Å². The summed E-state index contributed by atoms with van der Waals surface area (Å²) in [6, 6.07) is 7.88. The summed E-state index contributed by atoms with van der Waals surface area (Å²) in [5.74, 6) is -1.07. The lowest BCUT2D eigenvalue weighted by Gasteiger charge is -2.10. The van der Waals surface area contributed by atoms with Crippen molar-refractivity contribution in [2.45, 2.75) is 0 Å². The molecule has 1 aromatic heterocycles. The van der Waals surface area contributed by atoms with Gasteiger partial charge in [-0.25, -0.2) is 9.78 Å². The molecule has 0 spiro atoms. The summed E-state index contributed by atoms with van der Waals surface area (Å²) in [5, 5.41) is 2.62. The third-order valence-electron chi connectivity index (χ3n) is 2.69. The zero-order chi connectivity index (χ0) is 15.4. The summed E-state index contributed by atoms with van der Waals surface area (Å²) in [4.78, 5) is 27.7. The molecule has 1 heterocycles. The molecule has 108 valence electrons. The third kappa shape index (κ3) is 3.29. The van der Waals surface area contributed by atoms with E-state index in [1.807, 2.05) is 0 Å². The Balaban J connectivity index is 2.32. The lowest BCUT2D eigenvalue weighted by molar-refractivity contribution is 0.0602. The maximum Gasteiger partial charge on any atom is 0.339 e. The highest BCUT2D eigenvalue weighted by Gasteiger charge is 2.16. The van der Waals surface area contributed by atoms with Gasteiger partial charge in [0.2, 0.25) is 0 Å². The number of hydrogen-bond donors (Lipinski definition) is 2. The van der Waals surface area contributed by atoms with E-state index in [4.69, 9.17) is 17.3 Å². The fourth-order valence-corrected chi connectivity index (χ4v) is 1.88. The number of nitrogen functional groups attached to an aromatic ring is 1. The number of nitrogens with one attached hydrogen (secondary N) is 1. The van der Waals surface area contributed by atoms with Crippen LogP contribution in [0.1, 0.15) is 20.7 Å². The van der Waals surface area contributed by atoms with Crippen LogP contribution >= 0.6 is 11.6 Å². The number of para-hydroxylation sites is 1. The van der Waals surface area contributed by atoms with Crippen molar-refractivity contribution in [3.8, 4) is 0 Å². The summed E-state index contributed by atoms with van der Waals surface area (Å²) >= 11 is 5.87. The minimum absolute atomic E-state index is 0.0252. The molecule has 2 rings (SSSR count). The molecule has 0 saturated carbocycles. The highest BCUT2D eigenvalue weighted by molar-refractivity contribution is 6.33. The number of nitrogens with two attached hydrogens (primary N) is 1. The fourth-order valence-electron chi connectivity index (χ4n) is 1.69. The number of benzene rings is 1. The Morgan fingerprint density at radius 2 is 2.00 bits per heavy atom. The predicted octanol–water partition coefficient (Wildman–Crippen LogP) is 2.36. The van der Waals surface area contributed by atoms with E-state index in [2.05, 4.69) is 15.0 Å². The number of amides is 1. The van der Waals surface area contributed by atoms with Crippen LogP contribution in [0.3, 0.4) is 0 Å². The molecule has 0 unspecified atom stereocenters. The monoisotopic (exact) mass is 305 g/mol. The number of carbonyl (C=O) groups excluding carboxylic acids is 2. The molecule has 7 heteroatoms. The molecule has 1 amide bonds. The molecular formula is C14H12ClN3O3. The molecule has 2 aromatic rings. The van der Waals surface area contributed by atoms with Crippen LogP contribution in [0.25, 0.3) is 0 Å².